The third-order valence-electron chi connectivity index (χ3n) is 3.95. The number of rotatable bonds is 3. The second-order valence-corrected chi connectivity index (χ2v) is 5.41. The molecule has 1 aliphatic rings. The van der Waals surface area contributed by atoms with Crippen molar-refractivity contribution in [3.63, 3.8) is 0 Å². The summed E-state index contributed by atoms with van der Waals surface area (Å²) in [6.07, 6.45) is 9.64. The first-order valence-electron chi connectivity index (χ1n) is 7.39. The second-order valence-electron chi connectivity index (χ2n) is 5.41. The second kappa shape index (κ2) is 5.72. The minimum Gasteiger partial charge on any atom is -0.451 e. The Morgan fingerprint density at radius 1 is 1.14 bits per heavy atom. The van der Waals surface area contributed by atoms with Gasteiger partial charge in [0.15, 0.2) is 12.2 Å². The molecule has 22 heavy (non-hydrogen) atoms. The van der Waals surface area contributed by atoms with Crippen molar-refractivity contribution in [3.8, 4) is 0 Å². The lowest BCUT2D eigenvalue weighted by molar-refractivity contribution is 0.282. The highest BCUT2D eigenvalue weighted by atomic mass is 16.3. The Labute approximate surface area is 127 Å². The maximum atomic E-state index is 5.04. The monoisotopic (exact) mass is 299 g/mol. The summed E-state index contributed by atoms with van der Waals surface area (Å²) >= 11 is 0. The van der Waals surface area contributed by atoms with Crippen molar-refractivity contribution in [3.05, 3.63) is 37.1 Å². The van der Waals surface area contributed by atoms with Gasteiger partial charge < -0.3 is 9.32 Å². The summed E-state index contributed by atoms with van der Waals surface area (Å²) in [5.74, 6) is 0.906. The van der Waals surface area contributed by atoms with E-state index in [2.05, 4.69) is 30.0 Å². The first-order valence-corrected chi connectivity index (χ1v) is 7.39. The fraction of sp³-hybridized carbons (Fsp3) is 0.429. The van der Waals surface area contributed by atoms with Gasteiger partial charge in [0.2, 0.25) is 5.65 Å². The highest BCUT2D eigenvalue weighted by Crippen LogP contribution is 2.18. The van der Waals surface area contributed by atoms with Gasteiger partial charge in [-0.05, 0) is 6.42 Å². The summed E-state index contributed by atoms with van der Waals surface area (Å²) in [6.45, 7) is 4.71. The SMILES string of the molecule is c1cn2cnnc2c(N2CCCN(Cc3cocn3)CC2)n1. The van der Waals surface area contributed by atoms with Crippen molar-refractivity contribution in [1.29, 1.82) is 0 Å². The molecule has 4 rings (SSSR count). The van der Waals surface area contributed by atoms with E-state index in [-0.39, 0.29) is 0 Å². The Kier molecular flexibility index (Phi) is 3.43. The number of hydrogen-bond donors (Lipinski definition) is 0. The van der Waals surface area contributed by atoms with Crippen molar-refractivity contribution in [2.75, 3.05) is 31.1 Å². The van der Waals surface area contributed by atoms with Crippen LogP contribution < -0.4 is 4.90 Å². The Hall–Kier alpha value is -2.48. The van der Waals surface area contributed by atoms with Crippen molar-refractivity contribution in [2.24, 2.45) is 0 Å². The van der Waals surface area contributed by atoms with Gasteiger partial charge in [-0.15, -0.1) is 10.2 Å². The molecule has 0 aromatic carbocycles. The van der Waals surface area contributed by atoms with Crippen LogP contribution in [-0.4, -0.2) is 55.6 Å². The van der Waals surface area contributed by atoms with E-state index in [1.165, 1.54) is 6.39 Å². The smallest absolute Gasteiger partial charge is 0.203 e. The van der Waals surface area contributed by atoms with Crippen LogP contribution in [0.2, 0.25) is 0 Å². The van der Waals surface area contributed by atoms with E-state index < -0.39 is 0 Å². The van der Waals surface area contributed by atoms with Crippen molar-refractivity contribution in [1.82, 2.24) is 29.5 Å². The number of nitrogens with zero attached hydrogens (tertiary/aromatic N) is 7. The van der Waals surface area contributed by atoms with Gasteiger partial charge in [-0.25, -0.2) is 9.97 Å². The molecule has 0 atom stereocenters. The van der Waals surface area contributed by atoms with Gasteiger partial charge >= 0.3 is 0 Å². The molecule has 1 fully saturated rings. The van der Waals surface area contributed by atoms with E-state index in [1.54, 1.807) is 18.8 Å². The van der Waals surface area contributed by atoms with Crippen LogP contribution in [0.15, 0.2) is 35.8 Å². The molecule has 0 radical (unpaired) electrons. The lowest BCUT2D eigenvalue weighted by atomic mass is 10.3. The summed E-state index contributed by atoms with van der Waals surface area (Å²) in [6, 6.07) is 0. The summed E-state index contributed by atoms with van der Waals surface area (Å²) in [5, 5.41) is 8.14. The number of hydrogen-bond acceptors (Lipinski definition) is 7. The van der Waals surface area contributed by atoms with E-state index >= 15 is 0 Å². The molecule has 8 heteroatoms. The number of fused-ring (bicyclic) bond motifs is 1. The normalized spacial score (nSPS) is 17.0. The van der Waals surface area contributed by atoms with Crippen LogP contribution in [0.1, 0.15) is 12.1 Å². The Bertz CT molecular complexity index is 739. The Morgan fingerprint density at radius 3 is 3.05 bits per heavy atom. The molecule has 0 amide bonds. The first-order chi connectivity index (χ1) is 10.9. The minimum absolute atomic E-state index is 0.812. The van der Waals surface area contributed by atoms with E-state index in [0.29, 0.717) is 0 Å². The maximum Gasteiger partial charge on any atom is 0.203 e. The van der Waals surface area contributed by atoms with Gasteiger partial charge in [0, 0.05) is 45.1 Å². The lowest BCUT2D eigenvalue weighted by Gasteiger charge is -2.22. The molecule has 1 aliphatic heterocycles. The largest absolute Gasteiger partial charge is 0.451 e. The topological polar surface area (TPSA) is 75.6 Å². The third kappa shape index (κ3) is 2.52. The van der Waals surface area contributed by atoms with Crippen molar-refractivity contribution < 1.29 is 4.42 Å². The van der Waals surface area contributed by atoms with Crippen LogP contribution in [0.4, 0.5) is 5.82 Å². The van der Waals surface area contributed by atoms with Gasteiger partial charge in [0.05, 0.1) is 5.69 Å². The quantitative estimate of drug-likeness (QED) is 0.709. The summed E-state index contributed by atoms with van der Waals surface area (Å²) < 4.78 is 6.94. The van der Waals surface area contributed by atoms with Crippen molar-refractivity contribution >= 4 is 11.5 Å². The molecule has 8 nitrogen and oxygen atoms in total. The molecule has 114 valence electrons. The molecule has 4 heterocycles. The van der Waals surface area contributed by atoms with Crippen LogP contribution in [0, 0.1) is 0 Å². The summed E-state index contributed by atoms with van der Waals surface area (Å²) in [4.78, 5) is 13.4. The molecule has 0 unspecified atom stereocenters. The fourth-order valence-electron chi connectivity index (χ4n) is 2.85. The van der Waals surface area contributed by atoms with Gasteiger partial charge in [0.1, 0.15) is 12.6 Å². The first kappa shape index (κ1) is 13.2. The van der Waals surface area contributed by atoms with Crippen LogP contribution in [-0.2, 0) is 6.54 Å². The standard InChI is InChI=1S/C14H17N7O/c1-3-19(8-12-9-22-11-16-12)6-7-20(4-1)13-14-18-17-10-21(14)5-2-15-13/h2,5,9-11H,1,3-4,6-8H2. The van der Waals surface area contributed by atoms with Crippen LogP contribution >= 0.6 is 0 Å². The lowest BCUT2D eigenvalue weighted by Crippen LogP contribution is -2.31. The van der Waals surface area contributed by atoms with Crippen LogP contribution in [0.25, 0.3) is 5.65 Å². The van der Waals surface area contributed by atoms with E-state index in [1.807, 2.05) is 10.6 Å². The zero-order valence-corrected chi connectivity index (χ0v) is 12.2. The molecule has 0 spiro atoms. The van der Waals surface area contributed by atoms with Crippen LogP contribution in [0.3, 0.4) is 0 Å². The highest BCUT2D eigenvalue weighted by molar-refractivity contribution is 5.63. The molecule has 0 aliphatic carbocycles. The Balaban J connectivity index is 1.49. The van der Waals surface area contributed by atoms with E-state index in [9.17, 15) is 0 Å². The highest BCUT2D eigenvalue weighted by Gasteiger charge is 2.19. The molecular formula is C14H17N7O. The molecule has 0 N–H and O–H groups in total. The third-order valence-corrected chi connectivity index (χ3v) is 3.95. The minimum atomic E-state index is 0.812. The van der Waals surface area contributed by atoms with Gasteiger partial charge in [0.25, 0.3) is 0 Å². The van der Waals surface area contributed by atoms with Gasteiger partial charge in [-0.1, -0.05) is 0 Å². The molecule has 0 saturated carbocycles. The molecule has 0 bridgehead atoms. The maximum absolute atomic E-state index is 5.04. The van der Waals surface area contributed by atoms with Gasteiger partial charge in [-0.2, -0.15) is 0 Å². The molecule has 3 aromatic heterocycles. The number of anilines is 1. The number of aromatic nitrogens is 5. The fourth-order valence-corrected chi connectivity index (χ4v) is 2.85. The summed E-state index contributed by atoms with van der Waals surface area (Å²) in [7, 11) is 0. The number of oxazole rings is 1. The van der Waals surface area contributed by atoms with Crippen LogP contribution in [0.5, 0.6) is 0 Å². The predicted octanol–water partition coefficient (Wildman–Crippen LogP) is 0.825. The molecular weight excluding hydrogens is 282 g/mol. The average molecular weight is 299 g/mol. The van der Waals surface area contributed by atoms with E-state index in [4.69, 9.17) is 4.42 Å². The Morgan fingerprint density at radius 2 is 2.14 bits per heavy atom. The molecule has 1 saturated heterocycles. The van der Waals surface area contributed by atoms with Crippen molar-refractivity contribution in [2.45, 2.75) is 13.0 Å². The zero-order valence-electron chi connectivity index (χ0n) is 12.2. The summed E-state index contributed by atoms with van der Waals surface area (Å²) in [5.41, 5.74) is 1.79. The van der Waals surface area contributed by atoms with E-state index in [0.717, 1.165) is 56.3 Å². The molecule has 3 aromatic rings. The zero-order chi connectivity index (χ0) is 14.8. The predicted molar refractivity (Wildman–Crippen MR) is 79.4 cm³/mol. The average Bonchev–Trinajstić information content (AvgIpc) is 3.16. The van der Waals surface area contributed by atoms with Gasteiger partial charge in [-0.3, -0.25) is 9.30 Å².